The van der Waals surface area contributed by atoms with E-state index in [1.807, 2.05) is 0 Å². The Morgan fingerprint density at radius 3 is 1.92 bits per heavy atom. The fourth-order valence-electron chi connectivity index (χ4n) is 1.15. The molecule has 0 aliphatic carbocycles. The molecule has 0 amide bonds. The van der Waals surface area contributed by atoms with Gasteiger partial charge in [0.1, 0.15) is 0 Å². The molecule has 0 unspecified atom stereocenters. The fourth-order valence-corrected chi connectivity index (χ4v) is 1.15. The topological polar surface area (TPSA) is 12.0 Å². The summed E-state index contributed by atoms with van der Waals surface area (Å²) in [5.74, 6) is 1.66. The van der Waals surface area contributed by atoms with Gasteiger partial charge in [-0.25, -0.2) is 0 Å². The molecule has 1 heteroatoms. The third kappa shape index (κ3) is 8.06. The molecule has 0 aromatic carbocycles. The van der Waals surface area contributed by atoms with Gasteiger partial charge in [0.15, 0.2) is 0 Å². The lowest BCUT2D eigenvalue weighted by atomic mass is 10.0. The Balaban J connectivity index is -0.000000500. The quantitative estimate of drug-likeness (QED) is 0.651. The van der Waals surface area contributed by atoms with Crippen molar-refractivity contribution in [3.8, 4) is 0 Å². The molecule has 0 rings (SSSR count). The van der Waals surface area contributed by atoms with E-state index in [9.17, 15) is 0 Å². The first-order chi connectivity index (χ1) is 5.20. The molecule has 0 atom stereocenters. The molecule has 1 nitrogen and oxygen atoms in total. The second kappa shape index (κ2) is 9.05. The highest BCUT2D eigenvalue weighted by Gasteiger charge is 2.01. The van der Waals surface area contributed by atoms with Crippen molar-refractivity contribution in [1.82, 2.24) is 5.32 Å². The Morgan fingerprint density at radius 1 is 1.08 bits per heavy atom. The lowest BCUT2D eigenvalue weighted by molar-refractivity contribution is 0.429. The molecular formula is C11H29N. The van der Waals surface area contributed by atoms with Gasteiger partial charge in [-0.3, -0.25) is 0 Å². The predicted molar refractivity (Wildman–Crippen MR) is 60.6 cm³/mol. The molecule has 1 N–H and O–H groups in total. The first kappa shape index (κ1) is 14.5. The van der Waals surface area contributed by atoms with Gasteiger partial charge in [0.2, 0.25) is 0 Å². The van der Waals surface area contributed by atoms with Gasteiger partial charge >= 0.3 is 0 Å². The van der Waals surface area contributed by atoms with Crippen LogP contribution in [0.3, 0.4) is 0 Å². The number of hydrogen-bond acceptors (Lipinski definition) is 1. The van der Waals surface area contributed by atoms with Gasteiger partial charge in [-0.1, -0.05) is 48.0 Å². The Bertz CT molecular complexity index is 80.2. The van der Waals surface area contributed by atoms with Crippen LogP contribution >= 0.6 is 0 Å². The van der Waals surface area contributed by atoms with Crippen molar-refractivity contribution in [1.29, 1.82) is 0 Å². The molecular weight excluding hydrogens is 146 g/mol. The SMILES string of the molecule is C.CCC(CC)CNCC(C)C.[HH]. The van der Waals surface area contributed by atoms with E-state index in [0.29, 0.717) is 0 Å². The largest absolute Gasteiger partial charge is 0.316 e. The maximum atomic E-state index is 3.49. The first-order valence-electron chi connectivity index (χ1n) is 4.91. The van der Waals surface area contributed by atoms with E-state index in [0.717, 1.165) is 18.4 Å². The van der Waals surface area contributed by atoms with Crippen molar-refractivity contribution in [2.45, 2.75) is 48.0 Å². The summed E-state index contributed by atoms with van der Waals surface area (Å²) >= 11 is 0. The van der Waals surface area contributed by atoms with Crippen LogP contribution in [0.15, 0.2) is 0 Å². The van der Waals surface area contributed by atoms with Crippen molar-refractivity contribution < 1.29 is 1.43 Å². The standard InChI is InChI=1S/C10H23N.CH4.H2/c1-5-10(6-2)8-11-7-9(3)4;;/h9-11H,5-8H2,1-4H3;1H4;1H. The summed E-state index contributed by atoms with van der Waals surface area (Å²) in [5.41, 5.74) is 0. The smallest absolute Gasteiger partial charge is 0 e. The molecule has 78 valence electrons. The average molecular weight is 175 g/mol. The molecule has 0 aromatic rings. The minimum Gasteiger partial charge on any atom is -0.316 e. The van der Waals surface area contributed by atoms with Gasteiger partial charge in [0.25, 0.3) is 0 Å². The molecule has 0 saturated heterocycles. The lowest BCUT2D eigenvalue weighted by Gasteiger charge is -2.14. The zero-order valence-electron chi connectivity index (χ0n) is 8.48. The van der Waals surface area contributed by atoms with Crippen molar-refractivity contribution in [2.24, 2.45) is 11.8 Å². The average Bonchev–Trinajstić information content (AvgIpc) is 1.98. The highest BCUT2D eigenvalue weighted by atomic mass is 14.9. The Labute approximate surface area is 80.4 Å². The lowest BCUT2D eigenvalue weighted by Crippen LogP contribution is -2.25. The van der Waals surface area contributed by atoms with E-state index in [1.54, 1.807) is 0 Å². The van der Waals surface area contributed by atoms with E-state index < -0.39 is 0 Å². The summed E-state index contributed by atoms with van der Waals surface area (Å²) in [4.78, 5) is 0. The van der Waals surface area contributed by atoms with Crippen LogP contribution in [0.4, 0.5) is 0 Å². The van der Waals surface area contributed by atoms with Crippen molar-refractivity contribution in [2.75, 3.05) is 13.1 Å². The van der Waals surface area contributed by atoms with Gasteiger partial charge in [-0.05, 0) is 24.9 Å². The van der Waals surface area contributed by atoms with Gasteiger partial charge in [-0.15, -0.1) is 0 Å². The van der Waals surface area contributed by atoms with E-state index in [2.05, 4.69) is 33.0 Å². The molecule has 0 heterocycles. The van der Waals surface area contributed by atoms with Crippen LogP contribution < -0.4 is 5.32 Å². The van der Waals surface area contributed by atoms with Crippen molar-refractivity contribution in [3.63, 3.8) is 0 Å². The molecule has 0 saturated carbocycles. The van der Waals surface area contributed by atoms with Crippen LogP contribution in [0, 0.1) is 11.8 Å². The maximum Gasteiger partial charge on any atom is 0 e. The first-order valence-corrected chi connectivity index (χ1v) is 4.91. The summed E-state index contributed by atoms with van der Waals surface area (Å²) in [7, 11) is 0. The normalized spacial score (nSPS) is 10.5. The summed E-state index contributed by atoms with van der Waals surface area (Å²) < 4.78 is 0. The van der Waals surface area contributed by atoms with E-state index >= 15 is 0 Å². The van der Waals surface area contributed by atoms with Crippen molar-refractivity contribution >= 4 is 0 Å². The Hall–Kier alpha value is -0.0400. The number of nitrogens with one attached hydrogen (secondary N) is 1. The molecule has 0 aliphatic heterocycles. The Kier molecular flexibility index (Phi) is 10.9. The van der Waals surface area contributed by atoms with E-state index in [4.69, 9.17) is 0 Å². The van der Waals surface area contributed by atoms with Gasteiger partial charge in [0, 0.05) is 1.43 Å². The molecule has 0 aromatic heterocycles. The molecule has 0 radical (unpaired) electrons. The monoisotopic (exact) mass is 175 g/mol. The fraction of sp³-hybridized carbons (Fsp3) is 1.00. The van der Waals surface area contributed by atoms with Crippen LogP contribution in [0.25, 0.3) is 0 Å². The van der Waals surface area contributed by atoms with Gasteiger partial charge in [-0.2, -0.15) is 0 Å². The highest BCUT2D eigenvalue weighted by Crippen LogP contribution is 2.05. The molecule has 0 spiro atoms. The van der Waals surface area contributed by atoms with Crippen LogP contribution in [-0.2, 0) is 0 Å². The zero-order valence-corrected chi connectivity index (χ0v) is 8.48. The Morgan fingerprint density at radius 2 is 1.58 bits per heavy atom. The summed E-state index contributed by atoms with van der Waals surface area (Å²) in [6.45, 7) is 11.4. The predicted octanol–water partition coefficient (Wildman–Crippen LogP) is 3.55. The van der Waals surface area contributed by atoms with E-state index in [1.165, 1.54) is 19.4 Å². The second-order valence-corrected chi connectivity index (χ2v) is 3.73. The molecule has 0 bridgehead atoms. The maximum absolute atomic E-state index is 3.49. The summed E-state index contributed by atoms with van der Waals surface area (Å²) in [6.07, 6.45) is 2.61. The second-order valence-electron chi connectivity index (χ2n) is 3.73. The van der Waals surface area contributed by atoms with E-state index in [-0.39, 0.29) is 8.85 Å². The van der Waals surface area contributed by atoms with Crippen LogP contribution in [0.1, 0.15) is 49.4 Å². The minimum atomic E-state index is 0. The third-order valence-corrected chi connectivity index (χ3v) is 2.14. The number of rotatable bonds is 6. The summed E-state index contributed by atoms with van der Waals surface area (Å²) in [6, 6.07) is 0. The van der Waals surface area contributed by atoms with Gasteiger partial charge < -0.3 is 5.32 Å². The molecule has 0 fully saturated rings. The minimum absolute atomic E-state index is 0. The highest BCUT2D eigenvalue weighted by molar-refractivity contribution is 4.59. The van der Waals surface area contributed by atoms with Crippen LogP contribution in [0.2, 0.25) is 0 Å². The van der Waals surface area contributed by atoms with Crippen molar-refractivity contribution in [3.05, 3.63) is 0 Å². The van der Waals surface area contributed by atoms with Gasteiger partial charge in [0.05, 0.1) is 0 Å². The number of hydrogen-bond donors (Lipinski definition) is 1. The zero-order chi connectivity index (χ0) is 8.69. The molecule has 0 aliphatic rings. The third-order valence-electron chi connectivity index (χ3n) is 2.14. The summed E-state index contributed by atoms with van der Waals surface area (Å²) in [5, 5.41) is 3.49. The van der Waals surface area contributed by atoms with Crippen LogP contribution in [-0.4, -0.2) is 13.1 Å². The molecule has 12 heavy (non-hydrogen) atoms. The van der Waals surface area contributed by atoms with Crippen LogP contribution in [0.5, 0.6) is 0 Å².